The molecule has 4 atom stereocenters. The minimum Gasteiger partial charge on any atom is -0.390 e. The van der Waals surface area contributed by atoms with Crippen molar-refractivity contribution in [2.45, 2.75) is 25.0 Å². The molecule has 0 unspecified atom stereocenters. The number of fused-ring (bicyclic) bond motifs is 2. The lowest BCUT2D eigenvalue weighted by Gasteiger charge is -2.31. The zero-order chi connectivity index (χ0) is 15.3. The fourth-order valence-electron chi connectivity index (χ4n) is 3.94. The van der Waals surface area contributed by atoms with E-state index in [2.05, 4.69) is 4.98 Å². The summed E-state index contributed by atoms with van der Waals surface area (Å²) in [6, 6.07) is 7.69. The van der Waals surface area contributed by atoms with Crippen LogP contribution in [0.3, 0.4) is 0 Å². The van der Waals surface area contributed by atoms with Gasteiger partial charge in [-0.2, -0.15) is 0 Å². The van der Waals surface area contributed by atoms with Crippen molar-refractivity contribution in [3.63, 3.8) is 0 Å². The van der Waals surface area contributed by atoms with Crippen LogP contribution in [0.2, 0.25) is 0 Å². The second-order valence-electron chi connectivity index (χ2n) is 6.62. The number of aliphatic hydroxyl groups is 2. The van der Waals surface area contributed by atoms with E-state index in [1.165, 1.54) is 0 Å². The van der Waals surface area contributed by atoms with Gasteiger partial charge in [0.05, 0.1) is 12.2 Å². The van der Waals surface area contributed by atoms with Crippen LogP contribution in [0.4, 0.5) is 0 Å². The fraction of sp³-hybridized carbons (Fsp3) is 0.471. The second-order valence-corrected chi connectivity index (χ2v) is 6.62. The number of nitrogens with zero attached hydrogens (tertiary/aromatic N) is 1. The van der Waals surface area contributed by atoms with E-state index in [-0.39, 0.29) is 5.91 Å². The quantitative estimate of drug-likeness (QED) is 0.744. The van der Waals surface area contributed by atoms with E-state index in [9.17, 15) is 15.0 Å². The van der Waals surface area contributed by atoms with E-state index in [4.69, 9.17) is 0 Å². The van der Waals surface area contributed by atoms with Gasteiger partial charge in [-0.05, 0) is 48.3 Å². The number of aromatic nitrogens is 1. The van der Waals surface area contributed by atoms with E-state index in [1.54, 1.807) is 0 Å². The van der Waals surface area contributed by atoms with Crippen LogP contribution in [0, 0.1) is 11.8 Å². The molecule has 0 spiro atoms. The number of H-pyrrole nitrogens is 1. The molecule has 0 radical (unpaired) electrons. The van der Waals surface area contributed by atoms with Gasteiger partial charge in [0.1, 0.15) is 0 Å². The van der Waals surface area contributed by atoms with Crippen LogP contribution in [0.5, 0.6) is 0 Å². The first kappa shape index (κ1) is 13.8. The predicted molar refractivity (Wildman–Crippen MR) is 82.4 cm³/mol. The first-order valence-electron chi connectivity index (χ1n) is 7.84. The number of hydrogen-bond acceptors (Lipinski definition) is 3. The Morgan fingerprint density at radius 2 is 1.77 bits per heavy atom. The molecule has 1 saturated heterocycles. The highest BCUT2D eigenvalue weighted by atomic mass is 16.3. The molecule has 1 amide bonds. The summed E-state index contributed by atoms with van der Waals surface area (Å²) in [7, 11) is 0. The Morgan fingerprint density at radius 1 is 1.09 bits per heavy atom. The summed E-state index contributed by atoms with van der Waals surface area (Å²) in [6.45, 7) is 1.35. The first-order chi connectivity index (χ1) is 10.6. The molecule has 22 heavy (non-hydrogen) atoms. The van der Waals surface area contributed by atoms with Crippen LogP contribution in [-0.2, 0) is 0 Å². The third kappa shape index (κ3) is 2.21. The van der Waals surface area contributed by atoms with E-state index >= 15 is 0 Å². The van der Waals surface area contributed by atoms with Crippen molar-refractivity contribution in [3.8, 4) is 0 Å². The molecule has 2 aliphatic rings. The molecule has 2 aromatic rings. The van der Waals surface area contributed by atoms with Crippen molar-refractivity contribution in [1.82, 2.24) is 9.88 Å². The highest BCUT2D eigenvalue weighted by molar-refractivity contribution is 5.98. The average Bonchev–Trinajstić information content (AvgIpc) is 3.12. The zero-order valence-corrected chi connectivity index (χ0v) is 12.3. The molecule has 1 saturated carbocycles. The third-order valence-corrected chi connectivity index (χ3v) is 5.20. The number of carbonyl (C=O) groups is 1. The first-order valence-corrected chi connectivity index (χ1v) is 7.84. The monoisotopic (exact) mass is 300 g/mol. The molecule has 4 rings (SSSR count). The summed E-state index contributed by atoms with van der Waals surface area (Å²) < 4.78 is 0. The minimum atomic E-state index is -0.647. The lowest BCUT2D eigenvalue weighted by atomic mass is 9.79. The predicted octanol–water partition coefficient (Wildman–Crippen LogP) is 1.37. The standard InChI is InChI=1S/C17H20N2O3/c20-15-6-12-8-19(9-13(12)7-16(15)21)17(22)11-2-1-10-3-4-18-14(10)5-11/h1-5,12-13,15-16,18,20-21H,6-9H2/t12-,13+,15-,16-/m1/s1. The molecule has 5 heteroatoms. The molecule has 3 N–H and O–H groups in total. The van der Waals surface area contributed by atoms with Gasteiger partial charge >= 0.3 is 0 Å². The van der Waals surface area contributed by atoms with E-state index in [0.717, 1.165) is 10.9 Å². The summed E-state index contributed by atoms with van der Waals surface area (Å²) in [4.78, 5) is 17.7. The van der Waals surface area contributed by atoms with Crippen molar-refractivity contribution in [2.75, 3.05) is 13.1 Å². The summed E-state index contributed by atoms with van der Waals surface area (Å²) in [5, 5.41) is 20.7. The molecule has 1 aromatic carbocycles. The number of carbonyl (C=O) groups excluding carboxylic acids is 1. The molecule has 1 aliphatic heterocycles. The summed E-state index contributed by atoms with van der Waals surface area (Å²) in [6.07, 6.45) is 1.75. The number of amides is 1. The van der Waals surface area contributed by atoms with Crippen LogP contribution in [0.15, 0.2) is 30.5 Å². The Morgan fingerprint density at radius 3 is 2.45 bits per heavy atom. The van der Waals surface area contributed by atoms with Crippen molar-refractivity contribution in [3.05, 3.63) is 36.0 Å². The maximum Gasteiger partial charge on any atom is 0.253 e. The van der Waals surface area contributed by atoms with Crippen LogP contribution in [-0.4, -0.2) is 51.3 Å². The van der Waals surface area contributed by atoms with Crippen LogP contribution in [0.1, 0.15) is 23.2 Å². The molecule has 1 aliphatic carbocycles. The second kappa shape index (κ2) is 5.11. The summed E-state index contributed by atoms with van der Waals surface area (Å²) in [5.74, 6) is 0.642. The topological polar surface area (TPSA) is 76.6 Å². The van der Waals surface area contributed by atoms with E-state index in [0.29, 0.717) is 43.3 Å². The Hall–Kier alpha value is -1.85. The van der Waals surface area contributed by atoms with Crippen LogP contribution < -0.4 is 0 Å². The number of aliphatic hydroxyl groups excluding tert-OH is 2. The third-order valence-electron chi connectivity index (χ3n) is 5.20. The van der Waals surface area contributed by atoms with Gasteiger partial charge in [0.25, 0.3) is 5.91 Å². The SMILES string of the molecule is O=C(c1ccc2cc[nH]c2c1)N1C[C@H]2C[C@@H](O)[C@H](O)C[C@H]2C1. The van der Waals surface area contributed by atoms with Gasteiger partial charge in [-0.3, -0.25) is 4.79 Å². The highest BCUT2D eigenvalue weighted by Gasteiger charge is 2.42. The number of hydrogen-bond donors (Lipinski definition) is 3. The largest absolute Gasteiger partial charge is 0.390 e. The van der Waals surface area contributed by atoms with Gasteiger partial charge in [0, 0.05) is 30.4 Å². The van der Waals surface area contributed by atoms with Gasteiger partial charge in [-0.1, -0.05) is 6.07 Å². The van der Waals surface area contributed by atoms with Crippen molar-refractivity contribution >= 4 is 16.8 Å². The van der Waals surface area contributed by atoms with Crippen molar-refractivity contribution in [2.24, 2.45) is 11.8 Å². The molecule has 2 fully saturated rings. The lowest BCUT2D eigenvalue weighted by molar-refractivity contribution is -0.0372. The normalized spacial score (nSPS) is 31.5. The maximum atomic E-state index is 12.7. The average molecular weight is 300 g/mol. The smallest absolute Gasteiger partial charge is 0.253 e. The van der Waals surface area contributed by atoms with E-state index in [1.807, 2.05) is 35.4 Å². The molecule has 5 nitrogen and oxygen atoms in total. The number of rotatable bonds is 1. The molecular weight excluding hydrogens is 280 g/mol. The fourth-order valence-corrected chi connectivity index (χ4v) is 3.94. The van der Waals surface area contributed by atoms with Gasteiger partial charge < -0.3 is 20.1 Å². The highest BCUT2D eigenvalue weighted by Crippen LogP contribution is 2.37. The van der Waals surface area contributed by atoms with Gasteiger partial charge in [0.2, 0.25) is 0 Å². The number of aromatic amines is 1. The Balaban J connectivity index is 1.54. The molecular formula is C17H20N2O3. The van der Waals surface area contributed by atoms with Crippen molar-refractivity contribution in [1.29, 1.82) is 0 Å². The molecule has 116 valence electrons. The number of nitrogens with one attached hydrogen (secondary N) is 1. The van der Waals surface area contributed by atoms with Crippen LogP contribution >= 0.6 is 0 Å². The Bertz CT molecular complexity index is 693. The van der Waals surface area contributed by atoms with Gasteiger partial charge in [-0.15, -0.1) is 0 Å². The number of benzene rings is 1. The minimum absolute atomic E-state index is 0.0369. The maximum absolute atomic E-state index is 12.7. The van der Waals surface area contributed by atoms with Gasteiger partial charge in [0.15, 0.2) is 0 Å². The lowest BCUT2D eigenvalue weighted by Crippen LogP contribution is -2.38. The van der Waals surface area contributed by atoms with E-state index < -0.39 is 12.2 Å². The van der Waals surface area contributed by atoms with Gasteiger partial charge in [-0.25, -0.2) is 0 Å². The Kier molecular flexibility index (Phi) is 3.20. The molecule has 1 aromatic heterocycles. The number of likely N-dealkylation sites (tertiary alicyclic amines) is 1. The van der Waals surface area contributed by atoms with Crippen LogP contribution in [0.25, 0.3) is 10.9 Å². The Labute approximate surface area is 128 Å². The zero-order valence-electron chi connectivity index (χ0n) is 12.3. The summed E-state index contributed by atoms with van der Waals surface area (Å²) in [5.41, 5.74) is 1.66. The van der Waals surface area contributed by atoms with Crippen molar-refractivity contribution < 1.29 is 15.0 Å². The summed E-state index contributed by atoms with van der Waals surface area (Å²) >= 11 is 0. The molecule has 0 bridgehead atoms. The molecule has 2 heterocycles.